The van der Waals surface area contributed by atoms with Crippen molar-refractivity contribution in [2.75, 3.05) is 44.3 Å². The van der Waals surface area contributed by atoms with Gasteiger partial charge in [-0.15, -0.1) is 0 Å². The van der Waals surface area contributed by atoms with Crippen molar-refractivity contribution >= 4 is 35.1 Å². The summed E-state index contributed by atoms with van der Waals surface area (Å²) in [7, 11) is 0. The Morgan fingerprint density at radius 3 is 1.94 bits per heavy atom. The smallest absolute Gasteiger partial charge is 0.280 e. The van der Waals surface area contributed by atoms with E-state index in [1.807, 2.05) is 18.2 Å². The molecule has 3 rings (SSSR count). The molecule has 0 bridgehead atoms. The molecule has 0 aliphatic heterocycles. The molecule has 268 valence electrons. The lowest BCUT2D eigenvalue weighted by Crippen LogP contribution is -2.50. The summed E-state index contributed by atoms with van der Waals surface area (Å²) < 4.78 is 0. The number of nitrogens with two attached hydrogens (primary N) is 2. The van der Waals surface area contributed by atoms with Crippen LogP contribution in [0, 0.1) is 5.41 Å². The first-order valence-electron chi connectivity index (χ1n) is 16.4. The van der Waals surface area contributed by atoms with Gasteiger partial charge in [-0.2, -0.15) is 0 Å². The zero-order valence-corrected chi connectivity index (χ0v) is 28.3. The molecule has 0 radical (unpaired) electrons. The number of nitrogens with zero attached hydrogens (tertiary/aromatic N) is 3. The van der Waals surface area contributed by atoms with Crippen LogP contribution in [0.2, 0.25) is 5.15 Å². The molecular weight excluding hydrogens is 652 g/mol. The molecule has 0 saturated carbocycles. The fraction of sp³-hybridized carbons (Fsp3) is 0.471. The van der Waals surface area contributed by atoms with E-state index in [0.29, 0.717) is 19.6 Å². The van der Waals surface area contributed by atoms with Gasteiger partial charge in [-0.25, -0.2) is 9.97 Å². The molecule has 1 aromatic heterocycles. The van der Waals surface area contributed by atoms with Crippen LogP contribution in [-0.4, -0.2) is 109 Å². The number of hydrogen-bond donors (Lipinski definition) is 10. The number of aliphatic hydroxyl groups excluding tert-OH is 5. The molecule has 0 fully saturated rings. The van der Waals surface area contributed by atoms with Crippen LogP contribution in [0.25, 0.3) is 0 Å². The molecule has 12 N–H and O–H groups in total. The van der Waals surface area contributed by atoms with Crippen molar-refractivity contribution in [3.63, 3.8) is 0 Å². The molecule has 2 aromatic carbocycles. The molecular formula is C34H49ClN8O6. The number of halogens is 1. The summed E-state index contributed by atoms with van der Waals surface area (Å²) in [5, 5.41) is 62.8. The maximum absolute atomic E-state index is 12.3. The van der Waals surface area contributed by atoms with Crippen molar-refractivity contribution in [2.24, 2.45) is 0 Å². The number of guanidine groups is 1. The SMILES string of the molecule is N=C(NCCCCc1ccc(CCCN(CCCc2ccccc2)CC(O)C(O)C(O)[C@H](O)CO)cc1)NC(=O)c1nc(Cl)c(N)nc1N. The second-order valence-corrected chi connectivity index (χ2v) is 12.3. The van der Waals surface area contributed by atoms with Crippen LogP contribution in [0.5, 0.6) is 0 Å². The van der Waals surface area contributed by atoms with E-state index in [1.54, 1.807) is 0 Å². The van der Waals surface area contributed by atoms with Crippen molar-refractivity contribution in [1.82, 2.24) is 25.5 Å². The summed E-state index contributed by atoms with van der Waals surface area (Å²) in [5.41, 5.74) is 14.6. The lowest BCUT2D eigenvalue weighted by molar-refractivity contribution is -0.119. The van der Waals surface area contributed by atoms with Crippen LogP contribution in [0.15, 0.2) is 54.6 Å². The van der Waals surface area contributed by atoms with E-state index in [4.69, 9.17) is 33.6 Å². The minimum Gasteiger partial charge on any atom is -0.394 e. The average molecular weight is 701 g/mol. The summed E-state index contributed by atoms with van der Waals surface area (Å²) in [4.78, 5) is 22.0. The molecule has 0 spiro atoms. The predicted octanol–water partition coefficient (Wildman–Crippen LogP) is 0.875. The molecule has 15 heteroatoms. The molecule has 1 amide bonds. The topological polar surface area (TPSA) is 247 Å². The Kier molecular flexibility index (Phi) is 16.6. The molecule has 0 aliphatic carbocycles. The first kappa shape index (κ1) is 39.5. The molecule has 3 aromatic rings. The minimum atomic E-state index is -1.65. The van der Waals surface area contributed by atoms with E-state index in [0.717, 1.165) is 44.9 Å². The highest BCUT2D eigenvalue weighted by Gasteiger charge is 2.31. The van der Waals surface area contributed by atoms with E-state index in [-0.39, 0.29) is 35.0 Å². The van der Waals surface area contributed by atoms with Crippen LogP contribution < -0.4 is 22.1 Å². The Labute approximate surface area is 291 Å². The van der Waals surface area contributed by atoms with Gasteiger partial charge >= 0.3 is 0 Å². The Morgan fingerprint density at radius 2 is 1.35 bits per heavy atom. The van der Waals surface area contributed by atoms with E-state index in [1.165, 1.54) is 16.7 Å². The van der Waals surface area contributed by atoms with Gasteiger partial charge in [-0.3, -0.25) is 15.5 Å². The van der Waals surface area contributed by atoms with E-state index in [2.05, 4.69) is 61.9 Å². The van der Waals surface area contributed by atoms with Gasteiger partial charge in [-0.05, 0) is 74.7 Å². The summed E-state index contributed by atoms with van der Waals surface area (Å²) in [6, 6.07) is 18.5. The largest absolute Gasteiger partial charge is 0.394 e. The number of aromatic nitrogens is 2. The molecule has 49 heavy (non-hydrogen) atoms. The maximum Gasteiger partial charge on any atom is 0.280 e. The highest BCUT2D eigenvalue weighted by atomic mass is 35.5. The highest BCUT2D eigenvalue weighted by molar-refractivity contribution is 6.31. The van der Waals surface area contributed by atoms with Crippen molar-refractivity contribution in [3.8, 4) is 0 Å². The van der Waals surface area contributed by atoms with Gasteiger partial charge in [0.1, 0.15) is 18.3 Å². The van der Waals surface area contributed by atoms with Crippen LogP contribution in [0.3, 0.4) is 0 Å². The van der Waals surface area contributed by atoms with Gasteiger partial charge in [0.05, 0.1) is 12.7 Å². The standard InChI is InChI=1S/C34H49ClN8O6/c35-30-32(37)41-31(36)27(40-30)33(49)42-34(38)39-17-5-4-10-23-13-15-24(16-14-23)12-7-19-43(18-6-11-22-8-2-1-3-9-22)20-25(45)28(47)29(48)26(46)21-44/h1-3,8-9,13-16,25-26,28-29,44-48H,4-7,10-12,17-21H2,(H4,36,37,41)(H3,38,39,42,49)/t25?,26-,28?,29?/m1/s1. The molecule has 1 heterocycles. The number of hydrogen-bond acceptors (Lipinski definition) is 12. The van der Waals surface area contributed by atoms with Crippen LogP contribution in [0.1, 0.15) is 52.9 Å². The zero-order chi connectivity index (χ0) is 35.8. The van der Waals surface area contributed by atoms with Gasteiger partial charge in [0.25, 0.3) is 5.91 Å². The van der Waals surface area contributed by atoms with Crippen LogP contribution >= 0.6 is 11.6 Å². The van der Waals surface area contributed by atoms with Crippen molar-refractivity contribution < 1.29 is 30.3 Å². The second kappa shape index (κ2) is 20.6. The highest BCUT2D eigenvalue weighted by Crippen LogP contribution is 2.17. The van der Waals surface area contributed by atoms with E-state index < -0.39 is 36.9 Å². The first-order valence-corrected chi connectivity index (χ1v) is 16.8. The fourth-order valence-corrected chi connectivity index (χ4v) is 5.38. The average Bonchev–Trinajstić information content (AvgIpc) is 3.09. The summed E-state index contributed by atoms with van der Waals surface area (Å²) >= 11 is 5.81. The number of aliphatic hydroxyl groups is 5. The van der Waals surface area contributed by atoms with Crippen molar-refractivity contribution in [1.29, 1.82) is 5.41 Å². The number of anilines is 2. The Hall–Kier alpha value is -3.89. The lowest BCUT2D eigenvalue weighted by atomic mass is 10.0. The Morgan fingerprint density at radius 1 is 0.796 bits per heavy atom. The van der Waals surface area contributed by atoms with Gasteiger partial charge in [0.2, 0.25) is 0 Å². The predicted molar refractivity (Wildman–Crippen MR) is 189 cm³/mol. The van der Waals surface area contributed by atoms with Crippen LogP contribution in [-0.2, 0) is 19.3 Å². The number of nitrogen functional groups attached to an aromatic ring is 2. The van der Waals surface area contributed by atoms with E-state index in [9.17, 15) is 25.2 Å². The van der Waals surface area contributed by atoms with E-state index >= 15 is 0 Å². The number of unbranched alkanes of at least 4 members (excludes halogenated alkanes) is 1. The molecule has 3 unspecified atom stereocenters. The first-order chi connectivity index (χ1) is 23.5. The number of benzene rings is 2. The third-order valence-electron chi connectivity index (χ3n) is 8.07. The van der Waals surface area contributed by atoms with Gasteiger partial charge in [0, 0.05) is 13.1 Å². The Balaban J connectivity index is 1.39. The lowest BCUT2D eigenvalue weighted by Gasteiger charge is -2.30. The third kappa shape index (κ3) is 13.5. The van der Waals surface area contributed by atoms with Crippen LogP contribution in [0.4, 0.5) is 11.6 Å². The van der Waals surface area contributed by atoms with Gasteiger partial charge in [0.15, 0.2) is 28.4 Å². The number of nitrogens with one attached hydrogen (secondary N) is 3. The zero-order valence-electron chi connectivity index (χ0n) is 27.5. The molecule has 0 aliphatic rings. The normalized spacial score (nSPS) is 13.9. The number of carbonyl (C=O) groups excluding carboxylic acids is 1. The van der Waals surface area contributed by atoms with Gasteiger partial charge in [-0.1, -0.05) is 66.2 Å². The quantitative estimate of drug-likeness (QED) is 0.0448. The number of aryl methyl sites for hydroxylation is 3. The molecule has 0 saturated heterocycles. The molecule has 14 nitrogen and oxygen atoms in total. The van der Waals surface area contributed by atoms with Gasteiger partial charge < -0.3 is 47.2 Å². The summed E-state index contributed by atoms with van der Waals surface area (Å²) in [6.45, 7) is 1.22. The summed E-state index contributed by atoms with van der Waals surface area (Å²) in [5.74, 6) is -1.17. The fourth-order valence-electron chi connectivity index (χ4n) is 5.25. The number of rotatable bonds is 20. The molecule has 4 atom stereocenters. The Bertz CT molecular complexity index is 1450. The number of amides is 1. The minimum absolute atomic E-state index is 0.0848. The van der Waals surface area contributed by atoms with Crippen molar-refractivity contribution in [2.45, 2.75) is 69.4 Å². The van der Waals surface area contributed by atoms with Crippen molar-refractivity contribution in [3.05, 3.63) is 82.1 Å². The number of carbonyl (C=O) groups is 1. The monoisotopic (exact) mass is 700 g/mol. The second-order valence-electron chi connectivity index (χ2n) is 12.0. The maximum atomic E-state index is 12.3. The summed E-state index contributed by atoms with van der Waals surface area (Å²) in [6.07, 6.45) is -0.247. The third-order valence-corrected chi connectivity index (χ3v) is 8.35.